The zero-order valence-corrected chi connectivity index (χ0v) is 14.2. The molecular weight excluding hydrogens is 292 g/mol. The first kappa shape index (κ1) is 17.5. The van der Waals surface area contributed by atoms with Gasteiger partial charge in [-0.05, 0) is 57.8 Å². The van der Waals surface area contributed by atoms with E-state index >= 15 is 0 Å². The number of amides is 1. The van der Waals surface area contributed by atoms with E-state index < -0.39 is 0 Å². The summed E-state index contributed by atoms with van der Waals surface area (Å²) in [6, 6.07) is 2.46. The van der Waals surface area contributed by atoms with Crippen molar-refractivity contribution in [3.05, 3.63) is 21.4 Å². The van der Waals surface area contributed by atoms with Crippen molar-refractivity contribution in [3.63, 3.8) is 0 Å². The number of carbonyl (C=O) groups excluding carboxylic acids is 1. The Bertz CT molecular complexity index is 422. The van der Waals surface area contributed by atoms with E-state index in [-0.39, 0.29) is 18.3 Å². The number of nitrogens with zero attached hydrogens (tertiary/aromatic N) is 1. The van der Waals surface area contributed by atoms with Crippen molar-refractivity contribution < 1.29 is 4.79 Å². The highest BCUT2D eigenvalue weighted by atomic mass is 35.5. The van der Waals surface area contributed by atoms with Gasteiger partial charge in [-0.15, -0.1) is 23.7 Å². The maximum Gasteiger partial charge on any atom is 0.264 e. The van der Waals surface area contributed by atoms with Crippen LogP contribution in [0.3, 0.4) is 0 Å². The minimum absolute atomic E-state index is 0. The number of aryl methyl sites for hydroxylation is 2. The van der Waals surface area contributed by atoms with Crippen molar-refractivity contribution >= 4 is 29.7 Å². The van der Waals surface area contributed by atoms with Crippen LogP contribution in [0.25, 0.3) is 0 Å². The number of hydrogen-bond acceptors (Lipinski definition) is 3. The molecular formula is C15H25ClN2OS. The van der Waals surface area contributed by atoms with E-state index in [2.05, 4.69) is 31.0 Å². The van der Waals surface area contributed by atoms with E-state index in [0.717, 1.165) is 43.8 Å². The molecule has 1 aromatic rings. The average Bonchev–Trinajstić information content (AvgIpc) is 2.76. The molecule has 0 radical (unpaired) electrons. The minimum atomic E-state index is 0. The van der Waals surface area contributed by atoms with Crippen molar-refractivity contribution in [2.45, 2.75) is 46.1 Å². The summed E-state index contributed by atoms with van der Waals surface area (Å²) < 4.78 is 0. The minimum Gasteiger partial charge on any atom is -0.335 e. The highest BCUT2D eigenvalue weighted by Gasteiger charge is 2.26. The van der Waals surface area contributed by atoms with Gasteiger partial charge in [0, 0.05) is 17.5 Å². The molecule has 0 atom stereocenters. The van der Waals surface area contributed by atoms with Crippen molar-refractivity contribution in [3.8, 4) is 0 Å². The second-order valence-corrected chi connectivity index (χ2v) is 6.59. The summed E-state index contributed by atoms with van der Waals surface area (Å²) in [5.41, 5.74) is 1.23. The predicted molar refractivity (Wildman–Crippen MR) is 88.3 cm³/mol. The molecule has 2 heterocycles. The van der Waals surface area contributed by atoms with Crippen LogP contribution in [0.4, 0.5) is 0 Å². The summed E-state index contributed by atoms with van der Waals surface area (Å²) in [6.07, 6.45) is 3.18. The summed E-state index contributed by atoms with van der Waals surface area (Å²) in [5, 5.41) is 3.37. The molecule has 0 aliphatic carbocycles. The molecule has 1 amide bonds. The molecule has 0 saturated carbocycles. The van der Waals surface area contributed by atoms with E-state index in [1.54, 1.807) is 11.3 Å². The van der Waals surface area contributed by atoms with Gasteiger partial charge in [0.25, 0.3) is 5.91 Å². The number of halogens is 1. The van der Waals surface area contributed by atoms with Crippen molar-refractivity contribution in [1.29, 1.82) is 0 Å². The summed E-state index contributed by atoms with van der Waals surface area (Å²) in [6.45, 7) is 9.25. The van der Waals surface area contributed by atoms with Crippen LogP contribution >= 0.6 is 23.7 Å². The van der Waals surface area contributed by atoms with E-state index in [1.807, 2.05) is 6.07 Å². The smallest absolute Gasteiger partial charge is 0.264 e. The SMILES string of the molecule is CCCN(C(=O)c1cc(C)c(C)s1)C1CCNCC1.Cl. The third-order valence-corrected chi connectivity index (χ3v) is 4.99. The number of nitrogens with one attached hydrogen (secondary N) is 1. The molecule has 0 spiro atoms. The Hall–Kier alpha value is -0.580. The lowest BCUT2D eigenvalue weighted by Gasteiger charge is -2.34. The Labute approximate surface area is 132 Å². The predicted octanol–water partition coefficient (Wildman–Crippen LogP) is 3.39. The lowest BCUT2D eigenvalue weighted by atomic mass is 10.0. The first-order chi connectivity index (χ1) is 9.13. The summed E-state index contributed by atoms with van der Waals surface area (Å²) in [7, 11) is 0. The second-order valence-electron chi connectivity index (χ2n) is 5.33. The Morgan fingerprint density at radius 2 is 2.05 bits per heavy atom. The summed E-state index contributed by atoms with van der Waals surface area (Å²) >= 11 is 1.63. The fraction of sp³-hybridized carbons (Fsp3) is 0.667. The van der Waals surface area contributed by atoms with Crippen molar-refractivity contribution in [2.75, 3.05) is 19.6 Å². The number of carbonyl (C=O) groups is 1. The molecule has 1 saturated heterocycles. The van der Waals surface area contributed by atoms with Crippen LogP contribution in [-0.2, 0) is 0 Å². The van der Waals surface area contributed by atoms with Crippen molar-refractivity contribution in [2.24, 2.45) is 0 Å². The van der Waals surface area contributed by atoms with E-state index in [9.17, 15) is 4.79 Å². The van der Waals surface area contributed by atoms with Crippen LogP contribution in [0.1, 0.15) is 46.3 Å². The maximum atomic E-state index is 12.7. The number of hydrogen-bond donors (Lipinski definition) is 1. The van der Waals surface area contributed by atoms with Gasteiger partial charge in [-0.25, -0.2) is 0 Å². The van der Waals surface area contributed by atoms with Crippen LogP contribution < -0.4 is 5.32 Å². The van der Waals surface area contributed by atoms with E-state index in [0.29, 0.717) is 6.04 Å². The fourth-order valence-electron chi connectivity index (χ4n) is 2.63. The Morgan fingerprint density at radius 1 is 1.40 bits per heavy atom. The molecule has 2 rings (SSSR count). The average molecular weight is 317 g/mol. The van der Waals surface area contributed by atoms with Crippen LogP contribution in [0.2, 0.25) is 0 Å². The lowest BCUT2D eigenvalue weighted by molar-refractivity contribution is 0.0647. The van der Waals surface area contributed by atoms with Crippen LogP contribution in [0, 0.1) is 13.8 Å². The first-order valence-electron chi connectivity index (χ1n) is 7.22. The Kier molecular flexibility index (Phi) is 7.00. The summed E-state index contributed by atoms with van der Waals surface area (Å²) in [4.78, 5) is 17.0. The van der Waals surface area contributed by atoms with Gasteiger partial charge < -0.3 is 10.2 Å². The van der Waals surface area contributed by atoms with E-state index in [4.69, 9.17) is 0 Å². The molecule has 1 aromatic heterocycles. The van der Waals surface area contributed by atoms with Gasteiger partial charge in [-0.2, -0.15) is 0 Å². The lowest BCUT2D eigenvalue weighted by Crippen LogP contribution is -2.46. The molecule has 114 valence electrons. The van der Waals surface area contributed by atoms with Gasteiger partial charge in [0.1, 0.15) is 0 Å². The maximum absolute atomic E-state index is 12.7. The third-order valence-electron chi connectivity index (χ3n) is 3.85. The quantitative estimate of drug-likeness (QED) is 0.923. The van der Waals surface area contributed by atoms with Crippen LogP contribution in [-0.4, -0.2) is 36.5 Å². The third kappa shape index (κ3) is 3.96. The van der Waals surface area contributed by atoms with Crippen molar-refractivity contribution in [1.82, 2.24) is 10.2 Å². The summed E-state index contributed by atoms with van der Waals surface area (Å²) in [5.74, 6) is 0.231. The van der Waals surface area contributed by atoms with Gasteiger partial charge in [0.15, 0.2) is 0 Å². The molecule has 0 bridgehead atoms. The standard InChI is InChI=1S/C15H24N2OS.ClH/c1-4-9-17(13-5-7-16-8-6-13)15(18)14-10-11(2)12(3)19-14;/h10,13,16H,4-9H2,1-3H3;1H. The van der Waals surface area contributed by atoms with Gasteiger partial charge in [-0.1, -0.05) is 6.92 Å². The monoisotopic (exact) mass is 316 g/mol. The zero-order chi connectivity index (χ0) is 13.8. The number of piperidine rings is 1. The Balaban J connectivity index is 0.00000200. The molecule has 1 fully saturated rings. The van der Waals surface area contributed by atoms with E-state index in [1.165, 1.54) is 10.4 Å². The second kappa shape index (κ2) is 8.01. The topological polar surface area (TPSA) is 32.3 Å². The number of thiophene rings is 1. The Morgan fingerprint density at radius 3 is 2.55 bits per heavy atom. The fourth-order valence-corrected chi connectivity index (χ4v) is 3.62. The first-order valence-corrected chi connectivity index (χ1v) is 8.03. The molecule has 1 N–H and O–H groups in total. The normalized spacial score (nSPS) is 15.8. The molecule has 0 unspecified atom stereocenters. The molecule has 0 aromatic carbocycles. The molecule has 3 nitrogen and oxygen atoms in total. The molecule has 5 heteroatoms. The largest absolute Gasteiger partial charge is 0.335 e. The van der Waals surface area contributed by atoms with Crippen LogP contribution in [0.15, 0.2) is 6.07 Å². The highest BCUT2D eigenvalue weighted by Crippen LogP contribution is 2.24. The zero-order valence-electron chi connectivity index (χ0n) is 12.6. The molecule has 1 aliphatic heterocycles. The van der Waals surface area contributed by atoms with Gasteiger partial charge in [-0.3, -0.25) is 4.79 Å². The van der Waals surface area contributed by atoms with Crippen LogP contribution in [0.5, 0.6) is 0 Å². The van der Waals surface area contributed by atoms with Gasteiger partial charge in [0.05, 0.1) is 4.88 Å². The highest BCUT2D eigenvalue weighted by molar-refractivity contribution is 7.14. The molecule has 1 aliphatic rings. The molecule has 20 heavy (non-hydrogen) atoms. The van der Waals surface area contributed by atoms with Gasteiger partial charge in [0.2, 0.25) is 0 Å². The van der Waals surface area contributed by atoms with Gasteiger partial charge >= 0.3 is 0 Å². The number of rotatable bonds is 4.